The molecule has 0 aromatic heterocycles. The highest BCUT2D eigenvalue weighted by atomic mass is 35.5. The third kappa shape index (κ3) is 8.65. The van der Waals surface area contributed by atoms with Crippen LogP contribution >= 0.6 is 34.8 Å². The lowest BCUT2D eigenvalue weighted by atomic mass is 9.95. The molecule has 0 aliphatic rings. The maximum absolute atomic E-state index is 15.0. The summed E-state index contributed by atoms with van der Waals surface area (Å²) in [5.41, 5.74) is -0.977. The monoisotopic (exact) mass is 590 g/mol. The average molecular weight is 592 g/mol. The first-order chi connectivity index (χ1) is 17.0. The van der Waals surface area contributed by atoms with E-state index in [1.807, 2.05) is 0 Å². The maximum Gasteiger partial charge on any atom is 0.405 e. The van der Waals surface area contributed by atoms with Gasteiger partial charge in [0.2, 0.25) is 5.91 Å². The Morgan fingerprint density at radius 3 is 2.08 bits per heavy atom. The van der Waals surface area contributed by atoms with Crippen LogP contribution in [0.1, 0.15) is 33.0 Å². The van der Waals surface area contributed by atoms with Crippen molar-refractivity contribution >= 4 is 58.5 Å². The summed E-state index contributed by atoms with van der Waals surface area (Å²) in [4.78, 5) is 23.8. The van der Waals surface area contributed by atoms with Crippen molar-refractivity contribution in [2.45, 2.75) is 18.3 Å². The first-order valence-electron chi connectivity index (χ1n) is 10.0. The molecule has 0 bridgehead atoms. The molecule has 0 fully saturated rings. The molecule has 0 spiro atoms. The number of benzene rings is 2. The van der Waals surface area contributed by atoms with E-state index < -0.39 is 54.6 Å². The SMILES string of the molecule is C=Cc1cc(/C(F)=C/C(c2cc(Cl)c(Cl)c(Cl)c2)C(F)(F)F)ccc1C(=O)NCC(=O)NCC(F)(F)F. The average Bonchev–Trinajstić information content (AvgIpc) is 2.80. The molecular formula is C23H16Cl3F7N2O2. The lowest BCUT2D eigenvalue weighted by Crippen LogP contribution is -2.41. The van der Waals surface area contributed by atoms with Crippen LogP contribution in [-0.2, 0) is 4.79 Å². The summed E-state index contributed by atoms with van der Waals surface area (Å²) in [7, 11) is 0. The van der Waals surface area contributed by atoms with E-state index in [2.05, 4.69) is 11.9 Å². The molecule has 0 saturated heterocycles. The van der Waals surface area contributed by atoms with Gasteiger partial charge in [-0.2, -0.15) is 26.3 Å². The van der Waals surface area contributed by atoms with Crippen LogP contribution in [0.5, 0.6) is 0 Å². The number of halogens is 10. The van der Waals surface area contributed by atoms with Crippen molar-refractivity contribution in [3.05, 3.63) is 80.3 Å². The molecule has 1 unspecified atom stereocenters. The van der Waals surface area contributed by atoms with Crippen molar-refractivity contribution < 1.29 is 40.3 Å². The zero-order valence-corrected chi connectivity index (χ0v) is 20.6. The maximum atomic E-state index is 15.0. The summed E-state index contributed by atoms with van der Waals surface area (Å²) in [5.74, 6) is -5.78. The Bertz CT molecular complexity index is 1200. The summed E-state index contributed by atoms with van der Waals surface area (Å²) in [6, 6.07) is 4.91. The lowest BCUT2D eigenvalue weighted by Gasteiger charge is -2.19. The molecule has 200 valence electrons. The molecular weight excluding hydrogens is 576 g/mol. The Morgan fingerprint density at radius 1 is 0.973 bits per heavy atom. The molecule has 2 rings (SSSR count). The Labute approximate surface area is 221 Å². The Hall–Kier alpha value is -2.76. The van der Waals surface area contributed by atoms with Gasteiger partial charge in [0.05, 0.1) is 21.6 Å². The second-order valence-electron chi connectivity index (χ2n) is 7.41. The first kappa shape index (κ1) is 30.5. The molecule has 0 aliphatic carbocycles. The molecule has 2 aromatic rings. The molecule has 0 radical (unpaired) electrons. The largest absolute Gasteiger partial charge is 0.405 e. The minimum Gasteiger partial charge on any atom is -0.345 e. The van der Waals surface area contributed by atoms with Crippen LogP contribution < -0.4 is 10.6 Å². The number of alkyl halides is 6. The normalized spacial score (nSPS) is 13.2. The summed E-state index contributed by atoms with van der Waals surface area (Å²) >= 11 is 17.4. The third-order valence-electron chi connectivity index (χ3n) is 4.72. The van der Waals surface area contributed by atoms with Crippen LogP contribution in [0, 0.1) is 0 Å². The molecule has 2 aromatic carbocycles. The van der Waals surface area contributed by atoms with E-state index >= 15 is 0 Å². The molecule has 2 amide bonds. The van der Waals surface area contributed by atoms with Gasteiger partial charge in [-0.15, -0.1) is 0 Å². The van der Waals surface area contributed by atoms with Gasteiger partial charge in [-0.1, -0.05) is 53.5 Å². The van der Waals surface area contributed by atoms with Crippen molar-refractivity contribution in [1.29, 1.82) is 0 Å². The van der Waals surface area contributed by atoms with E-state index in [4.69, 9.17) is 34.8 Å². The predicted molar refractivity (Wildman–Crippen MR) is 127 cm³/mol. The standard InChI is InChI=1S/C23H16Cl3F7N2O2/c1-2-11-5-12(3-4-14(11)21(37)34-9-19(36)35-10-22(28,29)30)18(27)8-15(23(31,32)33)13-6-16(24)20(26)17(25)7-13/h2-8,15H,1,9-10H2,(H,34,37)(H,35,36)/b18-8-. The molecule has 0 aliphatic heterocycles. The lowest BCUT2D eigenvalue weighted by molar-refractivity contribution is -0.139. The Morgan fingerprint density at radius 2 is 1.57 bits per heavy atom. The summed E-state index contributed by atoms with van der Waals surface area (Å²) in [5, 5.41) is 2.96. The fourth-order valence-corrected chi connectivity index (χ4v) is 3.59. The zero-order chi connectivity index (χ0) is 28.1. The van der Waals surface area contributed by atoms with Crippen LogP contribution in [0.4, 0.5) is 30.7 Å². The molecule has 1 atom stereocenters. The molecule has 0 saturated carbocycles. The highest BCUT2D eigenvalue weighted by Gasteiger charge is 2.40. The molecule has 2 N–H and O–H groups in total. The minimum atomic E-state index is -4.94. The third-order valence-corrected chi connectivity index (χ3v) is 5.92. The fraction of sp³-hybridized carbons (Fsp3) is 0.217. The second-order valence-corrected chi connectivity index (χ2v) is 8.61. The summed E-state index contributed by atoms with van der Waals surface area (Å²) < 4.78 is 92.6. The Kier molecular flexibility index (Phi) is 10.0. The second kappa shape index (κ2) is 12.2. The number of allylic oxidation sites excluding steroid dienone is 1. The number of nitrogens with one attached hydrogen (secondary N) is 2. The molecule has 37 heavy (non-hydrogen) atoms. The van der Waals surface area contributed by atoms with Crippen molar-refractivity contribution in [2.24, 2.45) is 0 Å². The van der Waals surface area contributed by atoms with Crippen LogP contribution in [-0.4, -0.2) is 37.3 Å². The highest BCUT2D eigenvalue weighted by Crippen LogP contribution is 2.42. The van der Waals surface area contributed by atoms with E-state index in [1.54, 1.807) is 5.32 Å². The highest BCUT2D eigenvalue weighted by molar-refractivity contribution is 6.48. The quantitative estimate of drug-likeness (QED) is 0.249. The topological polar surface area (TPSA) is 58.2 Å². The van der Waals surface area contributed by atoms with Crippen LogP contribution in [0.25, 0.3) is 11.9 Å². The molecule has 14 heteroatoms. The Balaban J connectivity index is 2.30. The number of amides is 2. The molecule has 0 heterocycles. The van der Waals surface area contributed by atoms with E-state index in [0.717, 1.165) is 36.4 Å². The van der Waals surface area contributed by atoms with Crippen LogP contribution in [0.3, 0.4) is 0 Å². The summed E-state index contributed by atoms with van der Waals surface area (Å²) in [6.07, 6.45) is -8.18. The fourth-order valence-electron chi connectivity index (χ4n) is 2.98. The number of hydrogen-bond acceptors (Lipinski definition) is 2. The van der Waals surface area contributed by atoms with Crippen molar-refractivity contribution in [3.63, 3.8) is 0 Å². The van der Waals surface area contributed by atoms with Crippen LogP contribution in [0.2, 0.25) is 15.1 Å². The van der Waals surface area contributed by atoms with Crippen molar-refractivity contribution in [1.82, 2.24) is 10.6 Å². The van der Waals surface area contributed by atoms with Crippen molar-refractivity contribution in [2.75, 3.05) is 13.1 Å². The van der Waals surface area contributed by atoms with Gasteiger partial charge in [-0.3, -0.25) is 9.59 Å². The van der Waals surface area contributed by atoms with E-state index in [1.165, 1.54) is 0 Å². The smallest absolute Gasteiger partial charge is 0.345 e. The van der Waals surface area contributed by atoms with E-state index in [-0.39, 0.29) is 31.8 Å². The van der Waals surface area contributed by atoms with Gasteiger partial charge < -0.3 is 10.6 Å². The van der Waals surface area contributed by atoms with Gasteiger partial charge in [0.1, 0.15) is 18.3 Å². The molecule has 4 nitrogen and oxygen atoms in total. The zero-order valence-electron chi connectivity index (χ0n) is 18.3. The minimum absolute atomic E-state index is 0.0182. The summed E-state index contributed by atoms with van der Waals surface area (Å²) in [6.45, 7) is 1.07. The predicted octanol–water partition coefficient (Wildman–Crippen LogP) is 7.35. The van der Waals surface area contributed by atoms with Gasteiger partial charge in [-0.25, -0.2) is 4.39 Å². The van der Waals surface area contributed by atoms with E-state index in [9.17, 15) is 40.3 Å². The first-order valence-corrected chi connectivity index (χ1v) is 11.1. The van der Waals surface area contributed by atoms with Crippen molar-refractivity contribution in [3.8, 4) is 0 Å². The number of carbonyl (C=O) groups excluding carboxylic acids is 2. The van der Waals surface area contributed by atoms with E-state index in [0.29, 0.717) is 6.08 Å². The number of carbonyl (C=O) groups is 2. The number of hydrogen-bond donors (Lipinski definition) is 2. The van der Waals surface area contributed by atoms with Gasteiger partial charge in [0, 0.05) is 11.1 Å². The van der Waals surface area contributed by atoms with Crippen LogP contribution in [0.15, 0.2) is 43.0 Å². The van der Waals surface area contributed by atoms with Gasteiger partial charge >= 0.3 is 12.4 Å². The van der Waals surface area contributed by atoms with Gasteiger partial charge in [-0.05, 0) is 41.5 Å². The van der Waals surface area contributed by atoms with Gasteiger partial charge in [0.15, 0.2) is 0 Å². The number of rotatable bonds is 8. The van der Waals surface area contributed by atoms with Gasteiger partial charge in [0.25, 0.3) is 5.91 Å².